The molecule has 0 spiro atoms. The lowest BCUT2D eigenvalue weighted by molar-refractivity contribution is 0.0196. The summed E-state index contributed by atoms with van der Waals surface area (Å²) in [6.07, 6.45) is 6.26. The zero-order valence-corrected chi connectivity index (χ0v) is 13.6. The lowest BCUT2D eigenvalue weighted by Crippen LogP contribution is -2.56. The number of aliphatic hydroxyl groups is 1. The SMILES string of the molecule is CC(C)CNC1CC(CCCO)CN(C2CCC2C)C1. The third kappa shape index (κ3) is 4.44. The molecule has 1 saturated heterocycles. The largest absolute Gasteiger partial charge is 0.396 e. The van der Waals surface area contributed by atoms with E-state index in [1.807, 2.05) is 0 Å². The summed E-state index contributed by atoms with van der Waals surface area (Å²) in [6.45, 7) is 10.9. The summed E-state index contributed by atoms with van der Waals surface area (Å²) in [5, 5.41) is 12.9. The van der Waals surface area contributed by atoms with Gasteiger partial charge in [-0.1, -0.05) is 20.8 Å². The Labute approximate surface area is 125 Å². The molecular formula is C17H34N2O. The summed E-state index contributed by atoms with van der Waals surface area (Å²) in [4.78, 5) is 2.75. The average molecular weight is 282 g/mol. The first-order valence-electron chi connectivity index (χ1n) is 8.68. The van der Waals surface area contributed by atoms with Crippen molar-refractivity contribution >= 4 is 0 Å². The molecule has 2 N–H and O–H groups in total. The van der Waals surface area contributed by atoms with Crippen molar-refractivity contribution in [1.82, 2.24) is 10.2 Å². The van der Waals surface area contributed by atoms with Crippen molar-refractivity contribution in [2.24, 2.45) is 17.8 Å². The van der Waals surface area contributed by atoms with Crippen molar-refractivity contribution in [2.45, 2.75) is 65.0 Å². The molecule has 118 valence electrons. The summed E-state index contributed by atoms with van der Waals surface area (Å²) < 4.78 is 0. The Morgan fingerprint density at radius 1 is 1.25 bits per heavy atom. The van der Waals surface area contributed by atoms with Crippen LogP contribution in [0, 0.1) is 17.8 Å². The van der Waals surface area contributed by atoms with E-state index in [1.54, 1.807) is 0 Å². The van der Waals surface area contributed by atoms with Gasteiger partial charge in [-0.3, -0.25) is 4.90 Å². The maximum atomic E-state index is 9.08. The number of hydrogen-bond acceptors (Lipinski definition) is 3. The van der Waals surface area contributed by atoms with Crippen LogP contribution in [0.1, 0.15) is 52.9 Å². The number of hydrogen-bond donors (Lipinski definition) is 2. The van der Waals surface area contributed by atoms with Gasteiger partial charge in [-0.05, 0) is 56.4 Å². The minimum absolute atomic E-state index is 0.348. The van der Waals surface area contributed by atoms with Gasteiger partial charge in [0.05, 0.1) is 0 Å². The quantitative estimate of drug-likeness (QED) is 0.753. The predicted molar refractivity (Wildman–Crippen MR) is 84.8 cm³/mol. The van der Waals surface area contributed by atoms with Crippen LogP contribution in [-0.2, 0) is 0 Å². The highest BCUT2D eigenvalue weighted by molar-refractivity contribution is 4.92. The second-order valence-electron chi connectivity index (χ2n) is 7.54. The van der Waals surface area contributed by atoms with Crippen molar-refractivity contribution in [2.75, 3.05) is 26.2 Å². The van der Waals surface area contributed by atoms with E-state index in [1.165, 1.54) is 38.8 Å². The number of rotatable bonds is 7. The minimum atomic E-state index is 0.348. The fourth-order valence-corrected chi connectivity index (χ4v) is 3.84. The van der Waals surface area contributed by atoms with Gasteiger partial charge in [0, 0.05) is 31.8 Å². The summed E-state index contributed by atoms with van der Waals surface area (Å²) in [5.74, 6) is 2.38. The number of piperidine rings is 1. The normalized spacial score (nSPS) is 35.2. The fraction of sp³-hybridized carbons (Fsp3) is 1.00. The smallest absolute Gasteiger partial charge is 0.0431 e. The first kappa shape index (κ1) is 16.3. The molecule has 3 nitrogen and oxygen atoms in total. The van der Waals surface area contributed by atoms with Crippen molar-refractivity contribution in [1.29, 1.82) is 0 Å². The summed E-state index contributed by atoms with van der Waals surface area (Å²) in [7, 11) is 0. The highest BCUT2D eigenvalue weighted by Crippen LogP contribution is 2.35. The van der Waals surface area contributed by atoms with Crippen molar-refractivity contribution in [3.63, 3.8) is 0 Å². The highest BCUT2D eigenvalue weighted by atomic mass is 16.2. The van der Waals surface area contributed by atoms with Crippen LogP contribution in [0.25, 0.3) is 0 Å². The Morgan fingerprint density at radius 3 is 2.60 bits per heavy atom. The molecule has 0 aromatic carbocycles. The minimum Gasteiger partial charge on any atom is -0.396 e. The molecule has 1 saturated carbocycles. The van der Waals surface area contributed by atoms with Gasteiger partial charge in [0.25, 0.3) is 0 Å². The second-order valence-corrected chi connectivity index (χ2v) is 7.54. The first-order valence-corrected chi connectivity index (χ1v) is 8.68. The lowest BCUT2D eigenvalue weighted by atomic mass is 9.77. The third-order valence-corrected chi connectivity index (χ3v) is 5.19. The van der Waals surface area contributed by atoms with E-state index in [9.17, 15) is 0 Å². The molecule has 0 radical (unpaired) electrons. The molecule has 3 heteroatoms. The van der Waals surface area contributed by atoms with Crippen molar-refractivity contribution in [3.05, 3.63) is 0 Å². The summed E-state index contributed by atoms with van der Waals surface area (Å²) in [6, 6.07) is 1.48. The van der Waals surface area contributed by atoms with Crippen LogP contribution in [0.3, 0.4) is 0 Å². The molecule has 0 aromatic heterocycles. The first-order chi connectivity index (χ1) is 9.60. The lowest BCUT2D eigenvalue weighted by Gasteiger charge is -2.48. The van der Waals surface area contributed by atoms with Crippen LogP contribution >= 0.6 is 0 Å². The standard InChI is InChI=1S/C17H34N2O/c1-13(2)10-18-16-9-15(5-4-8-20)11-19(12-16)17-7-6-14(17)3/h13-18,20H,4-12H2,1-3H3. The zero-order valence-electron chi connectivity index (χ0n) is 13.6. The van der Waals surface area contributed by atoms with E-state index in [4.69, 9.17) is 5.11 Å². The maximum Gasteiger partial charge on any atom is 0.0431 e. The van der Waals surface area contributed by atoms with Gasteiger partial charge >= 0.3 is 0 Å². The van der Waals surface area contributed by atoms with Crippen molar-refractivity contribution < 1.29 is 5.11 Å². The van der Waals surface area contributed by atoms with Crippen LogP contribution in [0.2, 0.25) is 0 Å². The number of nitrogens with zero attached hydrogens (tertiary/aromatic N) is 1. The topological polar surface area (TPSA) is 35.5 Å². The van der Waals surface area contributed by atoms with E-state index in [-0.39, 0.29) is 0 Å². The Balaban J connectivity index is 1.87. The van der Waals surface area contributed by atoms with E-state index >= 15 is 0 Å². The number of likely N-dealkylation sites (tertiary alicyclic amines) is 1. The zero-order chi connectivity index (χ0) is 14.5. The Morgan fingerprint density at radius 2 is 2.05 bits per heavy atom. The van der Waals surface area contributed by atoms with E-state index in [0.717, 1.165) is 36.8 Å². The molecule has 1 aliphatic carbocycles. The summed E-state index contributed by atoms with van der Waals surface area (Å²) >= 11 is 0. The molecule has 1 aliphatic heterocycles. The van der Waals surface area contributed by atoms with Gasteiger partial charge in [0.15, 0.2) is 0 Å². The Kier molecular flexibility index (Phi) is 6.31. The molecule has 2 rings (SSSR count). The van der Waals surface area contributed by atoms with Gasteiger partial charge in [-0.25, -0.2) is 0 Å². The summed E-state index contributed by atoms with van der Waals surface area (Å²) in [5.41, 5.74) is 0. The molecule has 4 unspecified atom stereocenters. The fourth-order valence-electron chi connectivity index (χ4n) is 3.84. The van der Waals surface area contributed by atoms with E-state index in [0.29, 0.717) is 12.6 Å². The molecule has 1 heterocycles. The van der Waals surface area contributed by atoms with Crippen LogP contribution in [0.4, 0.5) is 0 Å². The molecular weight excluding hydrogens is 248 g/mol. The number of aliphatic hydroxyl groups excluding tert-OH is 1. The highest BCUT2D eigenvalue weighted by Gasteiger charge is 2.37. The Hall–Kier alpha value is -0.120. The van der Waals surface area contributed by atoms with Gasteiger partial charge < -0.3 is 10.4 Å². The Bertz CT molecular complexity index is 282. The molecule has 20 heavy (non-hydrogen) atoms. The van der Waals surface area contributed by atoms with Crippen molar-refractivity contribution in [3.8, 4) is 0 Å². The second kappa shape index (κ2) is 7.77. The molecule has 4 atom stereocenters. The van der Waals surface area contributed by atoms with Gasteiger partial charge in [-0.2, -0.15) is 0 Å². The van der Waals surface area contributed by atoms with E-state index in [2.05, 4.69) is 31.0 Å². The van der Waals surface area contributed by atoms with Gasteiger partial charge in [0.2, 0.25) is 0 Å². The van der Waals surface area contributed by atoms with Gasteiger partial charge in [-0.15, -0.1) is 0 Å². The molecule has 0 amide bonds. The monoisotopic (exact) mass is 282 g/mol. The van der Waals surface area contributed by atoms with Crippen LogP contribution < -0.4 is 5.32 Å². The molecule has 2 fully saturated rings. The average Bonchev–Trinajstić information content (AvgIpc) is 2.41. The van der Waals surface area contributed by atoms with Crippen LogP contribution in [0.5, 0.6) is 0 Å². The molecule has 2 aliphatic rings. The number of nitrogens with one attached hydrogen (secondary N) is 1. The third-order valence-electron chi connectivity index (χ3n) is 5.19. The van der Waals surface area contributed by atoms with Crippen LogP contribution in [0.15, 0.2) is 0 Å². The molecule has 0 aromatic rings. The van der Waals surface area contributed by atoms with Gasteiger partial charge in [0.1, 0.15) is 0 Å². The molecule has 0 bridgehead atoms. The van der Waals surface area contributed by atoms with E-state index < -0.39 is 0 Å². The van der Waals surface area contributed by atoms with Crippen LogP contribution in [-0.4, -0.2) is 48.3 Å². The predicted octanol–water partition coefficient (Wildman–Crippen LogP) is 2.49. The maximum absolute atomic E-state index is 9.08.